The number of halogens is 2. The fourth-order valence-corrected chi connectivity index (χ4v) is 2.92. The lowest BCUT2D eigenvalue weighted by molar-refractivity contribution is 0.0949. The Hall–Kier alpha value is -2.67. The minimum Gasteiger partial charge on any atom is -0.299 e. The van der Waals surface area contributed by atoms with Crippen molar-refractivity contribution in [3.8, 4) is 0 Å². The predicted molar refractivity (Wildman–Crippen MR) is 94.6 cm³/mol. The van der Waals surface area contributed by atoms with Crippen LogP contribution in [0, 0.1) is 17.6 Å². The Morgan fingerprint density at radius 3 is 2.58 bits per heavy atom. The molecule has 7 heteroatoms. The number of benzene rings is 1. The van der Waals surface area contributed by atoms with Crippen LogP contribution < -0.4 is 5.43 Å². The van der Waals surface area contributed by atoms with Crippen LogP contribution in [-0.2, 0) is 6.54 Å². The molecule has 1 aliphatic heterocycles. The van der Waals surface area contributed by atoms with E-state index in [1.54, 1.807) is 30.6 Å². The number of rotatable bonds is 5. The summed E-state index contributed by atoms with van der Waals surface area (Å²) in [5, 5.41) is 4.01. The summed E-state index contributed by atoms with van der Waals surface area (Å²) < 4.78 is 27.5. The number of likely N-dealkylation sites (tertiary alicyclic amines) is 1. The number of aromatic nitrogens is 1. The Kier molecular flexibility index (Phi) is 6.01. The molecule has 1 fully saturated rings. The Bertz CT molecular complexity index is 754. The molecule has 0 saturated carbocycles. The molecule has 2 aromatic rings. The van der Waals surface area contributed by atoms with Gasteiger partial charge in [-0.1, -0.05) is 12.1 Å². The van der Waals surface area contributed by atoms with Crippen LogP contribution in [0.15, 0.2) is 47.7 Å². The molecule has 0 spiro atoms. The topological polar surface area (TPSA) is 57.6 Å². The highest BCUT2D eigenvalue weighted by atomic mass is 19.1. The van der Waals surface area contributed by atoms with Crippen molar-refractivity contribution in [3.05, 3.63) is 65.5 Å². The summed E-state index contributed by atoms with van der Waals surface area (Å²) in [5.74, 6) is -1.15. The van der Waals surface area contributed by atoms with Crippen molar-refractivity contribution in [2.45, 2.75) is 19.4 Å². The standard InChI is InChI=1S/C19H20F2N4O/c20-16-4-3-5-17(21)15(16)13-25-10-7-14(8-11-25)12-23-24-19(26)18-6-1-2-9-22-18/h1-6,9,12,14H,7-8,10-11,13H2,(H,24,26)/b23-12+. The molecule has 1 aromatic heterocycles. The molecule has 1 amide bonds. The Balaban J connectivity index is 1.46. The predicted octanol–water partition coefficient (Wildman–Crippen LogP) is 2.99. The van der Waals surface area contributed by atoms with Gasteiger partial charge in [-0.3, -0.25) is 14.7 Å². The van der Waals surface area contributed by atoms with Gasteiger partial charge in [-0.15, -0.1) is 0 Å². The first-order chi connectivity index (χ1) is 12.6. The van der Waals surface area contributed by atoms with Crippen LogP contribution in [0.25, 0.3) is 0 Å². The van der Waals surface area contributed by atoms with Gasteiger partial charge >= 0.3 is 0 Å². The molecule has 3 rings (SSSR count). The van der Waals surface area contributed by atoms with Gasteiger partial charge in [0.15, 0.2) is 0 Å². The van der Waals surface area contributed by atoms with Gasteiger partial charge in [-0.05, 0) is 56.1 Å². The maximum Gasteiger partial charge on any atom is 0.289 e. The maximum absolute atomic E-state index is 13.7. The second-order valence-electron chi connectivity index (χ2n) is 6.25. The Labute approximate surface area is 150 Å². The number of pyridine rings is 1. The van der Waals surface area contributed by atoms with E-state index in [1.807, 2.05) is 4.90 Å². The number of amides is 1. The number of hydrazone groups is 1. The minimum atomic E-state index is -0.508. The van der Waals surface area contributed by atoms with Crippen molar-refractivity contribution >= 4 is 12.1 Å². The highest BCUT2D eigenvalue weighted by Crippen LogP contribution is 2.20. The lowest BCUT2D eigenvalue weighted by Gasteiger charge is -2.30. The van der Waals surface area contributed by atoms with E-state index in [4.69, 9.17) is 0 Å². The second kappa shape index (κ2) is 8.62. The van der Waals surface area contributed by atoms with Crippen LogP contribution >= 0.6 is 0 Å². The fourth-order valence-electron chi connectivity index (χ4n) is 2.92. The van der Waals surface area contributed by atoms with Crippen molar-refractivity contribution in [1.29, 1.82) is 0 Å². The van der Waals surface area contributed by atoms with Crippen LogP contribution in [0.3, 0.4) is 0 Å². The number of nitrogens with zero attached hydrogens (tertiary/aromatic N) is 3. The van der Waals surface area contributed by atoms with Gasteiger partial charge in [0.05, 0.1) is 0 Å². The zero-order valence-corrected chi connectivity index (χ0v) is 14.2. The van der Waals surface area contributed by atoms with E-state index in [2.05, 4.69) is 15.5 Å². The van der Waals surface area contributed by atoms with Gasteiger partial charge in [0.1, 0.15) is 17.3 Å². The van der Waals surface area contributed by atoms with E-state index < -0.39 is 11.6 Å². The van der Waals surface area contributed by atoms with Crippen molar-refractivity contribution in [2.24, 2.45) is 11.0 Å². The fraction of sp³-hybridized carbons (Fsp3) is 0.316. The zero-order valence-electron chi connectivity index (χ0n) is 14.2. The van der Waals surface area contributed by atoms with Crippen LogP contribution in [0.4, 0.5) is 8.78 Å². The molecule has 2 heterocycles. The van der Waals surface area contributed by atoms with E-state index in [1.165, 1.54) is 18.2 Å². The van der Waals surface area contributed by atoms with Crippen molar-refractivity contribution in [1.82, 2.24) is 15.3 Å². The molecule has 0 aliphatic carbocycles. The third-order valence-electron chi connectivity index (χ3n) is 4.42. The maximum atomic E-state index is 13.7. The van der Waals surface area contributed by atoms with Gasteiger partial charge in [-0.25, -0.2) is 14.2 Å². The quantitative estimate of drug-likeness (QED) is 0.660. The first-order valence-corrected chi connectivity index (χ1v) is 8.53. The lowest BCUT2D eigenvalue weighted by atomic mass is 9.98. The SMILES string of the molecule is O=C(N/N=C/C1CCN(Cc2c(F)cccc2F)CC1)c1ccccn1. The van der Waals surface area contributed by atoms with Crippen molar-refractivity contribution < 1.29 is 13.6 Å². The summed E-state index contributed by atoms with van der Waals surface area (Å²) >= 11 is 0. The third-order valence-corrected chi connectivity index (χ3v) is 4.42. The van der Waals surface area contributed by atoms with E-state index in [0.717, 1.165) is 25.9 Å². The summed E-state index contributed by atoms with van der Waals surface area (Å²) in [4.78, 5) is 17.8. The summed E-state index contributed by atoms with van der Waals surface area (Å²) in [5.41, 5.74) is 2.89. The van der Waals surface area contributed by atoms with Crippen molar-refractivity contribution in [3.63, 3.8) is 0 Å². The van der Waals surface area contributed by atoms with Crippen molar-refractivity contribution in [2.75, 3.05) is 13.1 Å². The van der Waals surface area contributed by atoms with Gasteiger partial charge in [0, 0.05) is 24.5 Å². The molecule has 0 unspecified atom stereocenters. The second-order valence-corrected chi connectivity index (χ2v) is 6.25. The number of hydrogen-bond donors (Lipinski definition) is 1. The molecule has 5 nitrogen and oxygen atoms in total. The van der Waals surface area contributed by atoms with E-state index >= 15 is 0 Å². The number of hydrogen-bond acceptors (Lipinski definition) is 4. The Morgan fingerprint density at radius 1 is 1.19 bits per heavy atom. The molecule has 1 N–H and O–H groups in total. The zero-order chi connectivity index (χ0) is 18.4. The summed E-state index contributed by atoms with van der Waals surface area (Å²) in [6.07, 6.45) is 4.91. The summed E-state index contributed by atoms with van der Waals surface area (Å²) in [6, 6.07) is 9.02. The van der Waals surface area contributed by atoms with Gasteiger partial charge in [0.25, 0.3) is 5.91 Å². The first kappa shape index (κ1) is 18.1. The van der Waals surface area contributed by atoms with E-state index in [0.29, 0.717) is 5.69 Å². The molecule has 26 heavy (non-hydrogen) atoms. The molecule has 1 saturated heterocycles. The summed E-state index contributed by atoms with van der Waals surface area (Å²) in [6.45, 7) is 1.70. The smallest absolute Gasteiger partial charge is 0.289 e. The summed E-state index contributed by atoms with van der Waals surface area (Å²) in [7, 11) is 0. The van der Waals surface area contributed by atoms with E-state index in [-0.39, 0.29) is 23.9 Å². The molecule has 0 radical (unpaired) electrons. The van der Waals surface area contributed by atoms with Gasteiger partial charge < -0.3 is 0 Å². The average molecular weight is 358 g/mol. The van der Waals surface area contributed by atoms with E-state index in [9.17, 15) is 13.6 Å². The molecule has 0 atom stereocenters. The van der Waals surface area contributed by atoms with Gasteiger partial charge in [0.2, 0.25) is 0 Å². The largest absolute Gasteiger partial charge is 0.299 e. The lowest BCUT2D eigenvalue weighted by Crippen LogP contribution is -2.34. The molecule has 0 bridgehead atoms. The number of nitrogens with one attached hydrogen (secondary N) is 1. The van der Waals surface area contributed by atoms with Crippen LogP contribution in [-0.4, -0.2) is 35.1 Å². The molecular weight excluding hydrogens is 338 g/mol. The number of carbonyl (C=O) groups is 1. The highest BCUT2D eigenvalue weighted by molar-refractivity contribution is 5.92. The molecule has 1 aromatic carbocycles. The molecule has 1 aliphatic rings. The molecular formula is C19H20F2N4O. The highest BCUT2D eigenvalue weighted by Gasteiger charge is 2.20. The minimum absolute atomic E-state index is 0.113. The third kappa shape index (κ3) is 4.70. The number of carbonyl (C=O) groups excluding carboxylic acids is 1. The van der Waals surface area contributed by atoms with Crippen LogP contribution in [0.5, 0.6) is 0 Å². The Morgan fingerprint density at radius 2 is 1.92 bits per heavy atom. The van der Waals surface area contributed by atoms with Gasteiger partial charge in [-0.2, -0.15) is 5.10 Å². The monoisotopic (exact) mass is 358 g/mol. The number of piperidine rings is 1. The molecule has 136 valence electrons. The normalized spacial score (nSPS) is 16.1. The first-order valence-electron chi connectivity index (χ1n) is 8.53. The van der Waals surface area contributed by atoms with Crippen LogP contribution in [0.1, 0.15) is 28.9 Å². The average Bonchev–Trinajstić information content (AvgIpc) is 2.67. The van der Waals surface area contributed by atoms with Crippen LogP contribution in [0.2, 0.25) is 0 Å².